The van der Waals surface area contributed by atoms with Gasteiger partial charge in [0.25, 0.3) is 0 Å². The van der Waals surface area contributed by atoms with Gasteiger partial charge < -0.3 is 9.47 Å². The van der Waals surface area contributed by atoms with Crippen LogP contribution < -0.4 is 9.47 Å². The fourth-order valence-electron chi connectivity index (χ4n) is 3.03. The number of ketones is 1. The van der Waals surface area contributed by atoms with Crippen molar-refractivity contribution in [1.82, 2.24) is 4.90 Å². The molecule has 22 heavy (non-hydrogen) atoms. The molecule has 0 amide bonds. The van der Waals surface area contributed by atoms with Crippen LogP contribution in [-0.2, 0) is 13.1 Å². The van der Waals surface area contributed by atoms with Crippen LogP contribution >= 0.6 is 0 Å². The van der Waals surface area contributed by atoms with Crippen LogP contribution in [0.15, 0.2) is 42.5 Å². The summed E-state index contributed by atoms with van der Waals surface area (Å²) in [7, 11) is 0. The van der Waals surface area contributed by atoms with Crippen LogP contribution in [0.3, 0.4) is 0 Å². The molecule has 0 saturated heterocycles. The molecule has 2 aromatic rings. The molecule has 0 atom stereocenters. The molecule has 0 aliphatic carbocycles. The Hall–Kier alpha value is -2.33. The molecular weight excluding hydrogens is 278 g/mol. The molecule has 0 aromatic heterocycles. The summed E-state index contributed by atoms with van der Waals surface area (Å²) in [4.78, 5) is 14.7. The summed E-state index contributed by atoms with van der Waals surface area (Å²) < 4.78 is 11.0. The Kier molecular flexibility index (Phi) is 3.31. The molecule has 2 aromatic carbocycles. The predicted molar refractivity (Wildman–Crippen MR) is 82.3 cm³/mol. The maximum atomic E-state index is 12.5. The first-order chi connectivity index (χ1) is 10.8. The number of rotatable bonds is 3. The minimum Gasteiger partial charge on any atom is -0.486 e. The Balaban J connectivity index is 1.47. The van der Waals surface area contributed by atoms with Crippen LogP contribution in [0.1, 0.15) is 21.5 Å². The largest absolute Gasteiger partial charge is 0.486 e. The van der Waals surface area contributed by atoms with Gasteiger partial charge in [0.1, 0.15) is 13.2 Å². The van der Waals surface area contributed by atoms with E-state index in [-0.39, 0.29) is 5.78 Å². The van der Waals surface area contributed by atoms with Gasteiger partial charge in [-0.3, -0.25) is 9.69 Å². The van der Waals surface area contributed by atoms with Gasteiger partial charge in [-0.05, 0) is 29.3 Å². The molecule has 0 spiro atoms. The van der Waals surface area contributed by atoms with Crippen LogP contribution in [0.25, 0.3) is 0 Å². The molecule has 0 saturated carbocycles. The average molecular weight is 295 g/mol. The van der Waals surface area contributed by atoms with Gasteiger partial charge in [0.2, 0.25) is 0 Å². The molecule has 0 radical (unpaired) electrons. The zero-order chi connectivity index (χ0) is 14.9. The fourth-order valence-corrected chi connectivity index (χ4v) is 3.03. The van der Waals surface area contributed by atoms with Gasteiger partial charge in [0.15, 0.2) is 17.3 Å². The summed E-state index contributed by atoms with van der Waals surface area (Å²) in [5, 5.41) is 0. The summed E-state index contributed by atoms with van der Waals surface area (Å²) in [6, 6.07) is 13.8. The van der Waals surface area contributed by atoms with Gasteiger partial charge in [-0.15, -0.1) is 0 Å². The summed E-state index contributed by atoms with van der Waals surface area (Å²) in [6.07, 6.45) is 0. The molecule has 0 fully saturated rings. The summed E-state index contributed by atoms with van der Waals surface area (Å²) in [5.41, 5.74) is 3.31. The molecule has 112 valence electrons. The first-order valence-corrected chi connectivity index (χ1v) is 7.51. The van der Waals surface area contributed by atoms with Crippen molar-refractivity contribution in [2.24, 2.45) is 0 Å². The van der Waals surface area contributed by atoms with E-state index in [0.29, 0.717) is 31.1 Å². The number of nitrogens with zero attached hydrogens (tertiary/aromatic N) is 1. The van der Waals surface area contributed by atoms with E-state index in [1.54, 1.807) is 6.07 Å². The zero-order valence-corrected chi connectivity index (χ0v) is 12.2. The molecule has 2 aliphatic heterocycles. The SMILES string of the molecule is O=C(CN1Cc2ccccc2C1)c1ccc2c(c1)OCCO2. The number of hydrogen-bond donors (Lipinski definition) is 0. The Morgan fingerprint density at radius 1 is 0.955 bits per heavy atom. The second-order valence-corrected chi connectivity index (χ2v) is 5.70. The monoisotopic (exact) mass is 295 g/mol. The summed E-state index contributed by atoms with van der Waals surface area (Å²) in [6.45, 7) is 3.20. The number of ether oxygens (including phenoxy) is 2. The smallest absolute Gasteiger partial charge is 0.176 e. The number of carbonyl (C=O) groups is 1. The standard InChI is InChI=1S/C18H17NO3/c20-16(12-19-10-14-3-1-2-4-15(14)11-19)13-5-6-17-18(9-13)22-8-7-21-17/h1-6,9H,7-8,10-12H2. The van der Waals surface area contributed by atoms with E-state index in [4.69, 9.17) is 9.47 Å². The van der Waals surface area contributed by atoms with E-state index in [2.05, 4.69) is 17.0 Å². The highest BCUT2D eigenvalue weighted by atomic mass is 16.6. The van der Waals surface area contributed by atoms with E-state index < -0.39 is 0 Å². The molecule has 0 bridgehead atoms. The third kappa shape index (κ3) is 2.46. The lowest BCUT2D eigenvalue weighted by Gasteiger charge is -2.19. The van der Waals surface area contributed by atoms with Crippen molar-refractivity contribution in [2.75, 3.05) is 19.8 Å². The normalized spacial score (nSPS) is 16.4. The number of fused-ring (bicyclic) bond motifs is 2. The Labute approximate surface area is 129 Å². The molecule has 2 aliphatic rings. The van der Waals surface area contributed by atoms with Gasteiger partial charge in [-0.1, -0.05) is 24.3 Å². The van der Waals surface area contributed by atoms with E-state index in [9.17, 15) is 4.79 Å². The first-order valence-electron chi connectivity index (χ1n) is 7.51. The van der Waals surface area contributed by atoms with Crippen molar-refractivity contribution in [2.45, 2.75) is 13.1 Å². The Morgan fingerprint density at radius 3 is 2.36 bits per heavy atom. The number of benzene rings is 2. The maximum Gasteiger partial charge on any atom is 0.176 e. The van der Waals surface area contributed by atoms with Crippen LogP contribution in [0.5, 0.6) is 11.5 Å². The highest BCUT2D eigenvalue weighted by Crippen LogP contribution is 2.31. The van der Waals surface area contributed by atoms with E-state index >= 15 is 0 Å². The predicted octanol–water partition coefficient (Wildman–Crippen LogP) is 2.66. The highest BCUT2D eigenvalue weighted by molar-refractivity contribution is 5.98. The number of Topliss-reactive ketones (excluding diaryl/α,β-unsaturated/α-hetero) is 1. The topological polar surface area (TPSA) is 38.8 Å². The van der Waals surface area contributed by atoms with Crippen molar-refractivity contribution in [3.8, 4) is 11.5 Å². The van der Waals surface area contributed by atoms with Crippen molar-refractivity contribution in [3.63, 3.8) is 0 Å². The summed E-state index contributed by atoms with van der Waals surface area (Å²) >= 11 is 0. The van der Waals surface area contributed by atoms with Crippen molar-refractivity contribution in [3.05, 3.63) is 59.2 Å². The molecular formula is C18H17NO3. The van der Waals surface area contributed by atoms with Crippen LogP contribution in [0.4, 0.5) is 0 Å². The van der Waals surface area contributed by atoms with Crippen molar-refractivity contribution in [1.29, 1.82) is 0 Å². The van der Waals surface area contributed by atoms with Crippen molar-refractivity contribution >= 4 is 5.78 Å². The van der Waals surface area contributed by atoms with E-state index in [0.717, 1.165) is 18.8 Å². The second kappa shape index (κ2) is 5.46. The van der Waals surface area contributed by atoms with Crippen LogP contribution in [-0.4, -0.2) is 30.4 Å². The molecule has 4 heteroatoms. The third-order valence-corrected chi connectivity index (χ3v) is 4.14. The molecule has 2 heterocycles. The minimum atomic E-state index is 0.116. The molecule has 4 nitrogen and oxygen atoms in total. The van der Waals surface area contributed by atoms with Crippen molar-refractivity contribution < 1.29 is 14.3 Å². The lowest BCUT2D eigenvalue weighted by atomic mass is 10.1. The number of hydrogen-bond acceptors (Lipinski definition) is 4. The van der Waals surface area contributed by atoms with Gasteiger partial charge in [0.05, 0.1) is 6.54 Å². The van der Waals surface area contributed by atoms with Gasteiger partial charge >= 0.3 is 0 Å². The van der Waals surface area contributed by atoms with Gasteiger partial charge in [-0.25, -0.2) is 0 Å². The van der Waals surface area contributed by atoms with E-state index in [1.807, 2.05) is 24.3 Å². The van der Waals surface area contributed by atoms with E-state index in [1.165, 1.54) is 11.1 Å². The summed E-state index contributed by atoms with van der Waals surface area (Å²) in [5.74, 6) is 1.50. The molecule has 0 N–H and O–H groups in total. The third-order valence-electron chi connectivity index (χ3n) is 4.14. The lowest BCUT2D eigenvalue weighted by molar-refractivity contribution is 0.0928. The molecule has 0 unspecified atom stereocenters. The first kappa shape index (κ1) is 13.3. The zero-order valence-electron chi connectivity index (χ0n) is 12.2. The lowest BCUT2D eigenvalue weighted by Crippen LogP contribution is -2.25. The Morgan fingerprint density at radius 2 is 1.64 bits per heavy atom. The fraction of sp³-hybridized carbons (Fsp3) is 0.278. The maximum absolute atomic E-state index is 12.5. The second-order valence-electron chi connectivity index (χ2n) is 5.70. The highest BCUT2D eigenvalue weighted by Gasteiger charge is 2.22. The minimum absolute atomic E-state index is 0.116. The Bertz CT molecular complexity index is 701. The van der Waals surface area contributed by atoms with Gasteiger partial charge in [-0.2, -0.15) is 0 Å². The molecule has 4 rings (SSSR count). The number of carbonyl (C=O) groups excluding carboxylic acids is 1. The quantitative estimate of drug-likeness (QED) is 0.816. The van der Waals surface area contributed by atoms with Crippen LogP contribution in [0, 0.1) is 0 Å². The van der Waals surface area contributed by atoms with Gasteiger partial charge in [0, 0.05) is 18.7 Å². The average Bonchev–Trinajstić information content (AvgIpc) is 2.96. The van der Waals surface area contributed by atoms with Crippen LogP contribution in [0.2, 0.25) is 0 Å².